The van der Waals surface area contributed by atoms with E-state index in [4.69, 9.17) is 0 Å². The van der Waals surface area contributed by atoms with Crippen molar-refractivity contribution in [3.05, 3.63) is 65.9 Å². The number of carbonyl (C=O) groups excluding carboxylic acids is 1. The van der Waals surface area contributed by atoms with Crippen LogP contribution in [-0.2, 0) is 17.8 Å². The summed E-state index contributed by atoms with van der Waals surface area (Å²) in [7, 11) is 0. The van der Waals surface area contributed by atoms with Crippen molar-refractivity contribution in [1.29, 1.82) is 0 Å². The van der Waals surface area contributed by atoms with E-state index >= 15 is 0 Å². The number of H-pyrrole nitrogens is 1. The Morgan fingerprint density at radius 2 is 1.81 bits per heavy atom. The van der Waals surface area contributed by atoms with E-state index in [0.717, 1.165) is 43.1 Å². The highest BCUT2D eigenvalue weighted by Gasteiger charge is 2.04. The number of halogens is 1. The van der Waals surface area contributed by atoms with Gasteiger partial charge in [0.2, 0.25) is 5.91 Å². The molecule has 31 heavy (non-hydrogen) atoms. The predicted octanol–water partition coefficient (Wildman–Crippen LogP) is 4.82. The Hall–Kier alpha value is -2.55. The van der Waals surface area contributed by atoms with Crippen LogP contribution < -0.4 is 16.0 Å². The molecular weight excluding hydrogens is 501 g/mol. The lowest BCUT2D eigenvalue weighted by atomic mass is 10.1. The normalized spacial score (nSPS) is 11.1. The van der Waals surface area contributed by atoms with Crippen molar-refractivity contribution in [2.45, 2.75) is 39.7 Å². The highest BCUT2D eigenvalue weighted by molar-refractivity contribution is 14.0. The second-order valence-electron chi connectivity index (χ2n) is 7.23. The largest absolute Gasteiger partial charge is 0.361 e. The van der Waals surface area contributed by atoms with Gasteiger partial charge in [-0.15, -0.1) is 24.0 Å². The Labute approximate surface area is 201 Å². The van der Waals surface area contributed by atoms with Crippen LogP contribution in [0.4, 0.5) is 5.69 Å². The van der Waals surface area contributed by atoms with Crippen LogP contribution in [0.3, 0.4) is 0 Å². The maximum Gasteiger partial charge on any atom is 0.224 e. The van der Waals surface area contributed by atoms with Gasteiger partial charge in [-0.1, -0.05) is 37.3 Å². The molecule has 3 aromatic rings. The van der Waals surface area contributed by atoms with Crippen LogP contribution in [0.1, 0.15) is 37.8 Å². The van der Waals surface area contributed by atoms with Gasteiger partial charge in [0.05, 0.1) is 6.54 Å². The van der Waals surface area contributed by atoms with Gasteiger partial charge in [-0.05, 0) is 49.1 Å². The van der Waals surface area contributed by atoms with Gasteiger partial charge in [0.15, 0.2) is 5.96 Å². The maximum atomic E-state index is 11.7. The second kappa shape index (κ2) is 13.0. The molecule has 0 saturated carbocycles. The molecule has 3 rings (SSSR count). The summed E-state index contributed by atoms with van der Waals surface area (Å²) in [6.45, 7) is 6.24. The summed E-state index contributed by atoms with van der Waals surface area (Å²) >= 11 is 0. The van der Waals surface area contributed by atoms with Gasteiger partial charge in [-0.25, -0.2) is 4.99 Å². The molecule has 4 N–H and O–H groups in total. The number of nitrogens with zero attached hydrogens (tertiary/aromatic N) is 1. The highest BCUT2D eigenvalue weighted by Crippen LogP contribution is 2.17. The summed E-state index contributed by atoms with van der Waals surface area (Å²) in [5.74, 6) is 0.856. The van der Waals surface area contributed by atoms with Crippen LogP contribution in [0, 0.1) is 0 Å². The number of carbonyl (C=O) groups is 1. The first kappa shape index (κ1) is 24.7. The first-order chi connectivity index (χ1) is 14.7. The first-order valence-corrected chi connectivity index (χ1v) is 10.7. The fraction of sp³-hybridized carbons (Fsp3) is 0.333. The lowest BCUT2D eigenvalue weighted by molar-refractivity contribution is -0.116. The molecule has 0 fully saturated rings. The van der Waals surface area contributed by atoms with E-state index in [9.17, 15) is 4.79 Å². The van der Waals surface area contributed by atoms with Crippen molar-refractivity contribution in [2.75, 3.05) is 18.4 Å². The lowest BCUT2D eigenvalue weighted by Gasteiger charge is -2.11. The number of benzene rings is 2. The van der Waals surface area contributed by atoms with Gasteiger partial charge in [0.1, 0.15) is 0 Å². The number of nitrogens with one attached hydrogen (secondary N) is 4. The van der Waals surface area contributed by atoms with Crippen LogP contribution in [0.5, 0.6) is 0 Å². The Morgan fingerprint density at radius 1 is 1.03 bits per heavy atom. The van der Waals surface area contributed by atoms with Crippen molar-refractivity contribution >= 4 is 52.4 Å². The van der Waals surface area contributed by atoms with Crippen LogP contribution in [0.25, 0.3) is 10.9 Å². The molecule has 2 aromatic carbocycles. The third kappa shape index (κ3) is 7.57. The molecule has 1 heterocycles. The molecule has 0 aliphatic rings. The second-order valence-corrected chi connectivity index (χ2v) is 7.23. The summed E-state index contributed by atoms with van der Waals surface area (Å²) in [6, 6.07) is 16.2. The molecule has 6 nitrogen and oxygen atoms in total. The zero-order valence-electron chi connectivity index (χ0n) is 18.2. The minimum atomic E-state index is 0. The van der Waals surface area contributed by atoms with Gasteiger partial charge >= 0.3 is 0 Å². The van der Waals surface area contributed by atoms with Crippen LogP contribution in [0.2, 0.25) is 0 Å². The van der Waals surface area contributed by atoms with Crippen molar-refractivity contribution < 1.29 is 4.79 Å². The fourth-order valence-electron chi connectivity index (χ4n) is 3.31. The van der Waals surface area contributed by atoms with Crippen LogP contribution in [-0.4, -0.2) is 29.9 Å². The number of para-hydroxylation sites is 1. The molecule has 166 valence electrons. The molecule has 1 amide bonds. The molecule has 0 spiro atoms. The lowest BCUT2D eigenvalue weighted by Crippen LogP contribution is -2.38. The molecule has 7 heteroatoms. The van der Waals surface area contributed by atoms with E-state index < -0.39 is 0 Å². The van der Waals surface area contributed by atoms with Crippen LogP contribution >= 0.6 is 24.0 Å². The zero-order chi connectivity index (χ0) is 21.2. The van der Waals surface area contributed by atoms with Crippen molar-refractivity contribution in [3.8, 4) is 0 Å². The molecule has 0 aliphatic carbocycles. The van der Waals surface area contributed by atoms with Crippen LogP contribution in [0.15, 0.2) is 59.7 Å². The molecule has 0 bridgehead atoms. The molecule has 0 atom stereocenters. The Bertz CT molecular complexity index is 981. The summed E-state index contributed by atoms with van der Waals surface area (Å²) in [5.41, 5.74) is 4.39. The standard InChI is InChI=1S/C24H31N5O.HI/c1-3-7-23(30)29-20-12-10-18(11-13-20)16-28-24(25-4-2)26-15-14-19-17-27-22-9-6-5-8-21(19)22;/h5-6,8-13,17,27H,3-4,7,14-16H2,1-2H3,(H,29,30)(H2,25,26,28);1H. The molecule has 1 aromatic heterocycles. The van der Waals surface area contributed by atoms with Crippen molar-refractivity contribution in [2.24, 2.45) is 4.99 Å². The van der Waals surface area contributed by atoms with E-state index in [1.807, 2.05) is 37.3 Å². The summed E-state index contributed by atoms with van der Waals surface area (Å²) in [4.78, 5) is 19.7. The highest BCUT2D eigenvalue weighted by atomic mass is 127. The number of amides is 1. The quantitative estimate of drug-likeness (QED) is 0.181. The van der Waals surface area contributed by atoms with Crippen molar-refractivity contribution in [3.63, 3.8) is 0 Å². The van der Waals surface area contributed by atoms with E-state index in [2.05, 4.69) is 57.2 Å². The third-order valence-corrected chi connectivity index (χ3v) is 4.84. The topological polar surface area (TPSA) is 81.3 Å². The Morgan fingerprint density at radius 3 is 2.55 bits per heavy atom. The molecular formula is C24H32IN5O. The zero-order valence-corrected chi connectivity index (χ0v) is 20.5. The minimum absolute atomic E-state index is 0. The summed E-state index contributed by atoms with van der Waals surface area (Å²) < 4.78 is 0. The minimum Gasteiger partial charge on any atom is -0.361 e. The average molecular weight is 533 g/mol. The number of hydrogen-bond acceptors (Lipinski definition) is 2. The molecule has 0 saturated heterocycles. The number of fused-ring (bicyclic) bond motifs is 1. The van der Waals surface area contributed by atoms with Gasteiger partial charge in [0, 0.05) is 42.3 Å². The van der Waals surface area contributed by atoms with Gasteiger partial charge in [0.25, 0.3) is 0 Å². The molecule has 0 unspecified atom stereocenters. The first-order valence-electron chi connectivity index (χ1n) is 10.7. The third-order valence-electron chi connectivity index (χ3n) is 4.84. The number of anilines is 1. The van der Waals surface area contributed by atoms with E-state index in [-0.39, 0.29) is 29.9 Å². The number of aromatic amines is 1. The van der Waals surface area contributed by atoms with E-state index in [1.165, 1.54) is 16.5 Å². The number of rotatable bonds is 9. The molecule has 0 radical (unpaired) electrons. The number of aromatic nitrogens is 1. The summed E-state index contributed by atoms with van der Waals surface area (Å²) in [6.07, 6.45) is 4.39. The van der Waals surface area contributed by atoms with Gasteiger partial charge in [-0.2, -0.15) is 0 Å². The van der Waals surface area contributed by atoms with Gasteiger partial charge < -0.3 is 20.9 Å². The average Bonchev–Trinajstić information content (AvgIpc) is 3.16. The Balaban J connectivity index is 0.00000341. The fourth-order valence-corrected chi connectivity index (χ4v) is 3.31. The maximum absolute atomic E-state index is 11.7. The summed E-state index contributed by atoms with van der Waals surface area (Å²) in [5, 5.41) is 10.9. The molecule has 0 aliphatic heterocycles. The monoisotopic (exact) mass is 533 g/mol. The number of hydrogen-bond donors (Lipinski definition) is 4. The smallest absolute Gasteiger partial charge is 0.224 e. The predicted molar refractivity (Wildman–Crippen MR) is 140 cm³/mol. The Kier molecular flexibility index (Phi) is 10.4. The number of aliphatic imine (C=N–C) groups is 1. The SMILES string of the molecule is CCCC(=O)Nc1ccc(CN=C(NCC)NCCc2c[nH]c3ccccc23)cc1.I. The van der Waals surface area contributed by atoms with E-state index in [0.29, 0.717) is 13.0 Å². The van der Waals surface area contributed by atoms with Gasteiger partial charge in [-0.3, -0.25) is 4.79 Å². The van der Waals surface area contributed by atoms with Crippen molar-refractivity contribution in [1.82, 2.24) is 15.6 Å². The number of guanidine groups is 1. The van der Waals surface area contributed by atoms with E-state index in [1.54, 1.807) is 0 Å².